The zero-order chi connectivity index (χ0) is 20.4. The van der Waals surface area contributed by atoms with E-state index < -0.39 is 4.92 Å². The number of rotatable bonds is 4. The molecule has 7 nitrogen and oxygen atoms in total. The fourth-order valence-corrected chi connectivity index (χ4v) is 4.39. The molecule has 0 N–H and O–H groups in total. The summed E-state index contributed by atoms with van der Waals surface area (Å²) in [5.41, 5.74) is 1.62. The average molecular weight is 429 g/mol. The van der Waals surface area contributed by atoms with Crippen molar-refractivity contribution in [1.82, 2.24) is 9.88 Å². The van der Waals surface area contributed by atoms with Crippen LogP contribution in [0.3, 0.4) is 0 Å². The molecule has 3 aromatic rings. The van der Waals surface area contributed by atoms with Gasteiger partial charge >= 0.3 is 0 Å². The summed E-state index contributed by atoms with van der Waals surface area (Å²) in [6.45, 7) is 2.49. The lowest BCUT2D eigenvalue weighted by Gasteiger charge is -2.34. The molecule has 0 unspecified atom stereocenters. The van der Waals surface area contributed by atoms with Crippen molar-refractivity contribution in [3.05, 3.63) is 69.2 Å². The second kappa shape index (κ2) is 8.18. The van der Waals surface area contributed by atoms with Gasteiger partial charge in [0.25, 0.3) is 5.69 Å². The number of anilines is 1. The highest BCUT2D eigenvalue weighted by Gasteiger charge is 2.22. The lowest BCUT2D eigenvalue weighted by molar-refractivity contribution is -0.384. The molecule has 1 aromatic heterocycles. The Labute approximate surface area is 176 Å². The third-order valence-corrected chi connectivity index (χ3v) is 6.17. The van der Waals surface area contributed by atoms with Crippen LogP contribution in [0.25, 0.3) is 16.3 Å². The standard InChI is InChI=1S/C20H17ClN4O3S/c21-16-4-2-1-3-14(16)5-8-19(26)23-9-11-24(12-10-23)20-22-17-7-6-15(25(27)28)13-18(17)29-20/h1-8,13H,9-12H2. The van der Waals surface area contributed by atoms with Crippen LogP contribution in [0.15, 0.2) is 48.5 Å². The number of halogens is 1. The molecule has 9 heteroatoms. The first-order chi connectivity index (χ1) is 14.0. The van der Waals surface area contributed by atoms with E-state index in [0.29, 0.717) is 31.2 Å². The number of nitrogens with zero attached hydrogens (tertiary/aromatic N) is 4. The van der Waals surface area contributed by atoms with Gasteiger partial charge in [0.1, 0.15) is 0 Å². The second-order valence-electron chi connectivity index (χ2n) is 6.57. The van der Waals surface area contributed by atoms with E-state index in [1.807, 2.05) is 18.2 Å². The van der Waals surface area contributed by atoms with Crippen molar-refractivity contribution in [2.75, 3.05) is 31.1 Å². The quantitative estimate of drug-likeness (QED) is 0.353. The van der Waals surface area contributed by atoms with E-state index in [0.717, 1.165) is 20.9 Å². The number of nitro benzene ring substituents is 1. The van der Waals surface area contributed by atoms with Gasteiger partial charge in [0.2, 0.25) is 5.91 Å². The van der Waals surface area contributed by atoms with Gasteiger partial charge in [-0.1, -0.05) is 41.1 Å². The number of non-ortho nitro benzene ring substituents is 1. The summed E-state index contributed by atoms with van der Waals surface area (Å²) in [7, 11) is 0. The molecule has 1 saturated heterocycles. The number of fused-ring (bicyclic) bond motifs is 1. The van der Waals surface area contributed by atoms with Crippen LogP contribution in [0, 0.1) is 10.1 Å². The van der Waals surface area contributed by atoms with Gasteiger partial charge < -0.3 is 9.80 Å². The summed E-state index contributed by atoms with van der Waals surface area (Å²) in [6, 6.07) is 12.1. The monoisotopic (exact) mass is 428 g/mol. The number of hydrogen-bond acceptors (Lipinski definition) is 6. The van der Waals surface area contributed by atoms with Crippen molar-refractivity contribution in [1.29, 1.82) is 0 Å². The van der Waals surface area contributed by atoms with Crippen LogP contribution in [0.5, 0.6) is 0 Å². The first-order valence-corrected chi connectivity index (χ1v) is 10.2. The molecular weight excluding hydrogens is 412 g/mol. The predicted octanol–water partition coefficient (Wildman–Crippen LogP) is 4.22. The summed E-state index contributed by atoms with van der Waals surface area (Å²) >= 11 is 7.55. The molecule has 0 radical (unpaired) electrons. The van der Waals surface area contributed by atoms with E-state index in [-0.39, 0.29) is 11.6 Å². The van der Waals surface area contributed by atoms with E-state index in [9.17, 15) is 14.9 Å². The number of aromatic nitrogens is 1. The van der Waals surface area contributed by atoms with Gasteiger partial charge in [0, 0.05) is 49.4 Å². The lowest BCUT2D eigenvalue weighted by atomic mass is 10.2. The second-order valence-corrected chi connectivity index (χ2v) is 7.99. The van der Waals surface area contributed by atoms with Crippen LogP contribution < -0.4 is 4.90 Å². The number of nitro groups is 1. The van der Waals surface area contributed by atoms with Gasteiger partial charge in [-0.25, -0.2) is 4.98 Å². The molecule has 0 aliphatic carbocycles. The van der Waals surface area contributed by atoms with Crippen LogP contribution in [0.1, 0.15) is 5.56 Å². The Balaban J connectivity index is 1.40. The highest BCUT2D eigenvalue weighted by Crippen LogP contribution is 2.31. The van der Waals surface area contributed by atoms with Crippen LogP contribution in [0.4, 0.5) is 10.8 Å². The fraction of sp³-hybridized carbons (Fsp3) is 0.200. The average Bonchev–Trinajstić information content (AvgIpc) is 3.16. The molecule has 29 heavy (non-hydrogen) atoms. The maximum absolute atomic E-state index is 12.5. The number of amides is 1. The maximum atomic E-state index is 12.5. The third kappa shape index (κ3) is 4.23. The first kappa shape index (κ1) is 19.4. The van der Waals surface area contributed by atoms with Crippen molar-refractivity contribution in [3.63, 3.8) is 0 Å². The summed E-state index contributed by atoms with van der Waals surface area (Å²) in [6.07, 6.45) is 3.28. The van der Waals surface area contributed by atoms with Crippen molar-refractivity contribution < 1.29 is 9.72 Å². The molecule has 148 valence electrons. The smallest absolute Gasteiger partial charge is 0.270 e. The van der Waals surface area contributed by atoms with Crippen LogP contribution >= 0.6 is 22.9 Å². The van der Waals surface area contributed by atoms with E-state index >= 15 is 0 Å². The Kier molecular flexibility index (Phi) is 5.46. The lowest BCUT2D eigenvalue weighted by Crippen LogP contribution is -2.48. The molecule has 0 saturated carbocycles. The molecule has 2 heterocycles. The SMILES string of the molecule is O=C(C=Cc1ccccc1Cl)N1CCN(c2nc3ccc([N+](=O)[O-])cc3s2)CC1. The molecule has 1 aliphatic heterocycles. The normalized spacial score (nSPS) is 14.7. The largest absolute Gasteiger partial charge is 0.345 e. The van der Waals surface area contributed by atoms with Crippen molar-refractivity contribution in [2.45, 2.75) is 0 Å². The maximum Gasteiger partial charge on any atom is 0.270 e. The molecule has 1 fully saturated rings. The van der Waals surface area contributed by atoms with Gasteiger partial charge in [-0.05, 0) is 23.8 Å². The topological polar surface area (TPSA) is 79.6 Å². The Morgan fingerprint density at radius 1 is 1.17 bits per heavy atom. The predicted molar refractivity (Wildman–Crippen MR) is 116 cm³/mol. The molecule has 1 amide bonds. The van der Waals surface area contributed by atoms with Gasteiger partial charge in [-0.2, -0.15) is 0 Å². The molecule has 0 atom stereocenters. The van der Waals surface area contributed by atoms with Crippen molar-refractivity contribution in [3.8, 4) is 0 Å². The number of benzene rings is 2. The van der Waals surface area contributed by atoms with Gasteiger partial charge in [-0.3, -0.25) is 14.9 Å². The summed E-state index contributed by atoms with van der Waals surface area (Å²) in [5.74, 6) is -0.0514. The molecular formula is C20H17ClN4O3S. The number of piperazine rings is 1. The van der Waals surface area contributed by atoms with E-state index in [1.54, 1.807) is 35.3 Å². The van der Waals surface area contributed by atoms with Gasteiger partial charge in [0.15, 0.2) is 5.13 Å². The van der Waals surface area contributed by atoms with Crippen molar-refractivity contribution >= 4 is 56.0 Å². The summed E-state index contributed by atoms with van der Waals surface area (Å²) in [4.78, 5) is 31.5. The summed E-state index contributed by atoms with van der Waals surface area (Å²) < 4.78 is 0.787. The molecule has 1 aliphatic rings. The van der Waals surface area contributed by atoms with Gasteiger partial charge in [-0.15, -0.1) is 0 Å². The molecule has 0 spiro atoms. The molecule has 4 rings (SSSR count). The minimum absolute atomic E-state index is 0.0514. The molecule has 0 bridgehead atoms. The zero-order valence-corrected chi connectivity index (χ0v) is 16.9. The number of hydrogen-bond donors (Lipinski definition) is 0. The Morgan fingerprint density at radius 3 is 2.66 bits per heavy atom. The third-order valence-electron chi connectivity index (χ3n) is 4.74. The van der Waals surface area contributed by atoms with Gasteiger partial charge in [0.05, 0.1) is 15.1 Å². The Hall–Kier alpha value is -2.97. The zero-order valence-electron chi connectivity index (χ0n) is 15.3. The van der Waals surface area contributed by atoms with Crippen LogP contribution in [-0.2, 0) is 4.79 Å². The Morgan fingerprint density at radius 2 is 1.93 bits per heavy atom. The van der Waals surface area contributed by atoms with Crippen LogP contribution in [0.2, 0.25) is 5.02 Å². The minimum atomic E-state index is -0.403. The van der Waals surface area contributed by atoms with E-state index in [4.69, 9.17) is 11.6 Å². The fourth-order valence-electron chi connectivity index (χ4n) is 3.14. The number of thiazole rings is 1. The summed E-state index contributed by atoms with van der Waals surface area (Å²) in [5, 5.41) is 12.4. The van der Waals surface area contributed by atoms with Crippen LogP contribution in [-0.4, -0.2) is 46.9 Å². The minimum Gasteiger partial charge on any atom is -0.345 e. The highest BCUT2D eigenvalue weighted by atomic mass is 35.5. The number of carbonyl (C=O) groups excluding carboxylic acids is 1. The highest BCUT2D eigenvalue weighted by molar-refractivity contribution is 7.22. The number of carbonyl (C=O) groups is 1. The van der Waals surface area contributed by atoms with Crippen molar-refractivity contribution in [2.24, 2.45) is 0 Å². The van der Waals surface area contributed by atoms with E-state index in [1.165, 1.54) is 17.4 Å². The molecule has 2 aromatic carbocycles. The Bertz CT molecular complexity index is 1110. The first-order valence-electron chi connectivity index (χ1n) is 9.03. The van der Waals surface area contributed by atoms with E-state index in [2.05, 4.69) is 9.88 Å².